The van der Waals surface area contributed by atoms with Gasteiger partial charge in [-0.25, -0.2) is 9.18 Å². The number of aryl methyl sites for hydroxylation is 1. The van der Waals surface area contributed by atoms with E-state index in [1.54, 1.807) is 6.07 Å². The molecule has 0 saturated carbocycles. The fourth-order valence-electron chi connectivity index (χ4n) is 2.06. The van der Waals surface area contributed by atoms with Crippen LogP contribution in [-0.4, -0.2) is 25.6 Å². The highest BCUT2D eigenvalue weighted by Gasteiger charge is 2.15. The Balaban J connectivity index is 1.92. The van der Waals surface area contributed by atoms with Gasteiger partial charge in [0.25, 0.3) is 5.91 Å². The van der Waals surface area contributed by atoms with Gasteiger partial charge in [0.15, 0.2) is 6.61 Å². The Labute approximate surface area is 139 Å². The average Bonchev–Trinajstić information content (AvgIpc) is 2.59. The van der Waals surface area contributed by atoms with Gasteiger partial charge in [0, 0.05) is 11.8 Å². The van der Waals surface area contributed by atoms with Crippen molar-refractivity contribution in [3.63, 3.8) is 0 Å². The Morgan fingerprint density at radius 3 is 2.62 bits per heavy atom. The van der Waals surface area contributed by atoms with Gasteiger partial charge < -0.3 is 14.8 Å². The first-order chi connectivity index (χ1) is 11.5. The molecule has 0 radical (unpaired) electrons. The molecule has 0 bridgehead atoms. The SMILES string of the molecule is CCc1cccc(NC(=O)COC(=O)c2ccc(OC)cc2F)c1. The molecule has 5 nitrogen and oxygen atoms in total. The third kappa shape index (κ3) is 4.55. The van der Waals surface area contributed by atoms with Crippen molar-refractivity contribution in [1.82, 2.24) is 0 Å². The van der Waals surface area contributed by atoms with E-state index in [9.17, 15) is 14.0 Å². The number of halogens is 1. The van der Waals surface area contributed by atoms with Crippen LogP contribution in [0.2, 0.25) is 0 Å². The summed E-state index contributed by atoms with van der Waals surface area (Å²) in [5.74, 6) is -1.88. The van der Waals surface area contributed by atoms with Crippen LogP contribution < -0.4 is 10.1 Å². The van der Waals surface area contributed by atoms with Crippen LogP contribution in [-0.2, 0) is 16.0 Å². The number of carbonyl (C=O) groups excluding carboxylic acids is 2. The molecule has 0 aromatic heterocycles. The van der Waals surface area contributed by atoms with Gasteiger partial charge in [-0.1, -0.05) is 19.1 Å². The number of carbonyl (C=O) groups is 2. The van der Waals surface area contributed by atoms with Crippen molar-refractivity contribution in [3.8, 4) is 5.75 Å². The minimum Gasteiger partial charge on any atom is -0.497 e. The summed E-state index contributed by atoms with van der Waals surface area (Å²) in [6.07, 6.45) is 0.843. The van der Waals surface area contributed by atoms with E-state index in [2.05, 4.69) is 5.32 Å². The molecule has 0 spiro atoms. The molecule has 0 heterocycles. The predicted octanol–water partition coefficient (Wildman–Crippen LogP) is 3.19. The molecule has 0 aliphatic rings. The number of hydrogen-bond donors (Lipinski definition) is 1. The van der Waals surface area contributed by atoms with Gasteiger partial charge in [-0.3, -0.25) is 4.79 Å². The second kappa shape index (κ2) is 8.10. The number of methoxy groups -OCH3 is 1. The molecule has 2 rings (SSSR count). The lowest BCUT2D eigenvalue weighted by atomic mass is 10.1. The van der Waals surface area contributed by atoms with Gasteiger partial charge in [0.1, 0.15) is 11.6 Å². The normalized spacial score (nSPS) is 10.1. The summed E-state index contributed by atoms with van der Waals surface area (Å²) >= 11 is 0. The molecule has 0 unspecified atom stereocenters. The number of rotatable bonds is 6. The summed E-state index contributed by atoms with van der Waals surface area (Å²) in [6, 6.07) is 11.1. The van der Waals surface area contributed by atoms with Gasteiger partial charge in [0.2, 0.25) is 0 Å². The second-order valence-electron chi connectivity index (χ2n) is 5.02. The van der Waals surface area contributed by atoms with Crippen LogP contribution in [0.4, 0.5) is 10.1 Å². The summed E-state index contributed by atoms with van der Waals surface area (Å²) in [4.78, 5) is 23.7. The average molecular weight is 331 g/mol. The van der Waals surface area contributed by atoms with E-state index in [0.29, 0.717) is 5.69 Å². The molecule has 2 aromatic carbocycles. The topological polar surface area (TPSA) is 64.6 Å². The third-order valence-corrected chi connectivity index (χ3v) is 3.35. The lowest BCUT2D eigenvalue weighted by Gasteiger charge is -2.08. The molecule has 0 aliphatic heterocycles. The number of amides is 1. The first-order valence-corrected chi connectivity index (χ1v) is 7.43. The minimum atomic E-state index is -0.910. The first kappa shape index (κ1) is 17.5. The highest BCUT2D eigenvalue weighted by molar-refractivity contribution is 5.95. The van der Waals surface area contributed by atoms with E-state index in [4.69, 9.17) is 9.47 Å². The Bertz CT molecular complexity index is 746. The smallest absolute Gasteiger partial charge is 0.341 e. The van der Waals surface area contributed by atoms with E-state index in [-0.39, 0.29) is 11.3 Å². The van der Waals surface area contributed by atoms with Crippen LogP contribution in [0.1, 0.15) is 22.8 Å². The molecule has 126 valence electrons. The number of hydrogen-bond acceptors (Lipinski definition) is 4. The Hall–Kier alpha value is -2.89. The Kier molecular flexibility index (Phi) is 5.89. The molecular formula is C18H18FNO4. The number of benzene rings is 2. The fraction of sp³-hybridized carbons (Fsp3) is 0.222. The van der Waals surface area contributed by atoms with E-state index in [0.717, 1.165) is 18.1 Å². The number of esters is 1. The highest BCUT2D eigenvalue weighted by Crippen LogP contribution is 2.17. The first-order valence-electron chi connectivity index (χ1n) is 7.43. The zero-order valence-corrected chi connectivity index (χ0v) is 13.5. The van der Waals surface area contributed by atoms with E-state index >= 15 is 0 Å². The fourth-order valence-corrected chi connectivity index (χ4v) is 2.06. The van der Waals surface area contributed by atoms with Crippen LogP contribution in [0.25, 0.3) is 0 Å². The summed E-state index contributed by atoms with van der Waals surface area (Å²) < 4.78 is 23.5. The van der Waals surface area contributed by atoms with Crippen molar-refractivity contribution in [1.29, 1.82) is 0 Å². The molecular weight excluding hydrogens is 313 g/mol. The zero-order chi connectivity index (χ0) is 17.5. The minimum absolute atomic E-state index is 0.253. The van der Waals surface area contributed by atoms with E-state index < -0.39 is 24.3 Å². The number of nitrogens with one attached hydrogen (secondary N) is 1. The molecule has 24 heavy (non-hydrogen) atoms. The van der Waals surface area contributed by atoms with Crippen molar-refractivity contribution >= 4 is 17.6 Å². The van der Waals surface area contributed by atoms with E-state index in [1.807, 2.05) is 25.1 Å². The van der Waals surface area contributed by atoms with Gasteiger partial charge >= 0.3 is 5.97 Å². The van der Waals surface area contributed by atoms with Gasteiger partial charge in [-0.05, 0) is 36.2 Å². The maximum atomic E-state index is 13.8. The molecule has 0 atom stereocenters. The third-order valence-electron chi connectivity index (χ3n) is 3.35. The maximum absolute atomic E-state index is 13.8. The van der Waals surface area contributed by atoms with Gasteiger partial charge in [-0.15, -0.1) is 0 Å². The van der Waals surface area contributed by atoms with Crippen LogP contribution in [0.15, 0.2) is 42.5 Å². The van der Waals surface area contributed by atoms with Crippen LogP contribution >= 0.6 is 0 Å². The summed E-state index contributed by atoms with van der Waals surface area (Å²) in [5, 5.41) is 2.63. The molecule has 0 saturated heterocycles. The Morgan fingerprint density at radius 2 is 1.96 bits per heavy atom. The lowest BCUT2D eigenvalue weighted by molar-refractivity contribution is -0.119. The van der Waals surface area contributed by atoms with Crippen molar-refractivity contribution in [2.45, 2.75) is 13.3 Å². The molecule has 2 aromatic rings. The van der Waals surface area contributed by atoms with Crippen LogP contribution in [0.5, 0.6) is 5.75 Å². The predicted molar refractivity (Wildman–Crippen MR) is 87.7 cm³/mol. The number of anilines is 1. The summed E-state index contributed by atoms with van der Waals surface area (Å²) in [7, 11) is 1.39. The molecule has 0 aliphatic carbocycles. The van der Waals surface area contributed by atoms with Gasteiger partial charge in [0.05, 0.1) is 12.7 Å². The van der Waals surface area contributed by atoms with Gasteiger partial charge in [-0.2, -0.15) is 0 Å². The lowest BCUT2D eigenvalue weighted by Crippen LogP contribution is -2.21. The van der Waals surface area contributed by atoms with Crippen molar-refractivity contribution in [2.24, 2.45) is 0 Å². The molecule has 1 N–H and O–H groups in total. The monoisotopic (exact) mass is 331 g/mol. The second-order valence-corrected chi connectivity index (χ2v) is 5.02. The van der Waals surface area contributed by atoms with Crippen molar-refractivity contribution < 1.29 is 23.5 Å². The molecule has 1 amide bonds. The molecule has 6 heteroatoms. The molecule has 0 fully saturated rings. The number of ether oxygens (including phenoxy) is 2. The summed E-state index contributed by atoms with van der Waals surface area (Å²) in [5.41, 5.74) is 1.44. The van der Waals surface area contributed by atoms with Crippen LogP contribution in [0, 0.1) is 5.82 Å². The standard InChI is InChI=1S/C18H18FNO4/c1-3-12-5-4-6-13(9-12)20-17(21)11-24-18(22)15-8-7-14(23-2)10-16(15)19/h4-10H,3,11H2,1-2H3,(H,20,21). The largest absolute Gasteiger partial charge is 0.497 e. The van der Waals surface area contributed by atoms with E-state index in [1.165, 1.54) is 19.2 Å². The summed E-state index contributed by atoms with van der Waals surface area (Å²) in [6.45, 7) is 1.51. The van der Waals surface area contributed by atoms with Crippen molar-refractivity contribution in [2.75, 3.05) is 19.0 Å². The quantitative estimate of drug-likeness (QED) is 0.826. The maximum Gasteiger partial charge on any atom is 0.341 e. The zero-order valence-electron chi connectivity index (χ0n) is 13.5. The van der Waals surface area contributed by atoms with Crippen LogP contribution in [0.3, 0.4) is 0 Å². The highest BCUT2D eigenvalue weighted by atomic mass is 19.1. The Morgan fingerprint density at radius 1 is 1.17 bits per heavy atom. The van der Waals surface area contributed by atoms with Crippen molar-refractivity contribution in [3.05, 3.63) is 59.4 Å².